The second kappa shape index (κ2) is 6.83. The van der Waals surface area contributed by atoms with Gasteiger partial charge in [0.05, 0.1) is 21.7 Å². The van der Waals surface area contributed by atoms with Gasteiger partial charge in [-0.1, -0.05) is 13.0 Å². The Morgan fingerprint density at radius 2 is 2.00 bits per heavy atom. The highest BCUT2D eigenvalue weighted by atomic mass is 32.2. The van der Waals surface area contributed by atoms with Gasteiger partial charge in [-0.3, -0.25) is 14.9 Å². The summed E-state index contributed by atoms with van der Waals surface area (Å²) in [7, 11) is -4.53. The van der Waals surface area contributed by atoms with Crippen molar-refractivity contribution in [1.29, 1.82) is 0 Å². The number of halogens is 3. The summed E-state index contributed by atoms with van der Waals surface area (Å²) in [6, 6.07) is 3.10. The number of carbonyl (C=O) groups is 1. The Morgan fingerprint density at radius 3 is 2.42 bits per heavy atom. The number of alkyl halides is 3. The van der Waals surface area contributed by atoms with Crippen molar-refractivity contribution in [2.45, 2.75) is 24.4 Å². The largest absolute Gasteiger partial charge is 0.481 e. The number of nitro groups is 1. The molecule has 1 aromatic rings. The Morgan fingerprint density at radius 1 is 1.38 bits per heavy atom. The zero-order chi connectivity index (χ0) is 19.9. The number of aliphatic carboxylic acids is 1. The van der Waals surface area contributed by atoms with Crippen molar-refractivity contribution >= 4 is 21.7 Å². The van der Waals surface area contributed by atoms with Crippen molar-refractivity contribution in [3.8, 4) is 0 Å². The van der Waals surface area contributed by atoms with Crippen LogP contribution < -0.4 is 0 Å². The predicted octanol–water partition coefficient (Wildman–Crippen LogP) is 2.04. The van der Waals surface area contributed by atoms with Gasteiger partial charge in [-0.25, -0.2) is 8.42 Å². The minimum Gasteiger partial charge on any atom is -0.481 e. The topological polar surface area (TPSA) is 118 Å². The van der Waals surface area contributed by atoms with Crippen LogP contribution in [0.25, 0.3) is 0 Å². The van der Waals surface area contributed by atoms with Crippen molar-refractivity contribution in [2.24, 2.45) is 11.8 Å². The van der Waals surface area contributed by atoms with E-state index in [1.54, 1.807) is 6.92 Å². The van der Waals surface area contributed by atoms with Crippen molar-refractivity contribution in [3.05, 3.63) is 33.9 Å². The summed E-state index contributed by atoms with van der Waals surface area (Å²) in [6.45, 7) is -0.314. The lowest BCUT2D eigenvalue weighted by molar-refractivity contribution is -0.385. The van der Waals surface area contributed by atoms with Crippen LogP contribution in [0.3, 0.4) is 0 Å². The van der Waals surface area contributed by atoms with E-state index in [0.717, 1.165) is 12.1 Å². The lowest BCUT2D eigenvalue weighted by Crippen LogP contribution is -2.34. The maximum Gasteiger partial charge on any atom is 0.393 e. The SMILES string of the molecule is CCc1ccc([N+](=O)[O-])cc1S(=O)(=O)N1C[C@@H](C(F)(F)F)[C@H](C(=O)O)C1. The fourth-order valence-electron chi connectivity index (χ4n) is 2.87. The van der Waals surface area contributed by atoms with Gasteiger partial charge in [0.15, 0.2) is 0 Å². The molecular weight excluding hydrogens is 381 g/mol. The first-order chi connectivity index (χ1) is 11.9. The molecule has 0 amide bonds. The molecule has 1 N–H and O–H groups in total. The van der Waals surface area contributed by atoms with Gasteiger partial charge in [0.1, 0.15) is 0 Å². The molecule has 2 atom stereocenters. The molecule has 1 aromatic carbocycles. The van der Waals surface area contributed by atoms with Gasteiger partial charge < -0.3 is 5.11 Å². The smallest absolute Gasteiger partial charge is 0.393 e. The molecule has 1 fully saturated rings. The van der Waals surface area contributed by atoms with Gasteiger partial charge in [-0.2, -0.15) is 17.5 Å². The van der Waals surface area contributed by atoms with Crippen molar-refractivity contribution in [1.82, 2.24) is 4.31 Å². The zero-order valence-electron chi connectivity index (χ0n) is 13.4. The van der Waals surface area contributed by atoms with E-state index >= 15 is 0 Å². The summed E-state index contributed by atoms with van der Waals surface area (Å²) in [5, 5.41) is 19.9. The van der Waals surface area contributed by atoms with E-state index in [4.69, 9.17) is 5.11 Å². The number of benzene rings is 1. The highest BCUT2D eigenvalue weighted by molar-refractivity contribution is 7.89. The van der Waals surface area contributed by atoms with Crippen LogP contribution in [-0.2, 0) is 21.2 Å². The van der Waals surface area contributed by atoms with E-state index in [-0.39, 0.29) is 12.0 Å². The number of carboxylic acids is 1. The van der Waals surface area contributed by atoms with Crippen LogP contribution in [0.5, 0.6) is 0 Å². The molecule has 1 aliphatic heterocycles. The molecular formula is C14H15F3N2O6S. The normalized spacial score (nSPS) is 21.7. The molecule has 2 rings (SSSR count). The molecule has 0 bridgehead atoms. The van der Waals surface area contributed by atoms with E-state index < -0.39 is 62.6 Å². The van der Waals surface area contributed by atoms with Crippen molar-refractivity contribution in [2.75, 3.05) is 13.1 Å². The number of hydrogen-bond acceptors (Lipinski definition) is 5. The van der Waals surface area contributed by atoms with E-state index in [2.05, 4.69) is 0 Å². The fraction of sp³-hybridized carbons (Fsp3) is 0.500. The summed E-state index contributed by atoms with van der Waals surface area (Å²) in [5.74, 6) is -6.04. The molecule has 12 heteroatoms. The Labute approximate surface area is 146 Å². The van der Waals surface area contributed by atoms with Crippen LogP contribution in [0.15, 0.2) is 23.1 Å². The van der Waals surface area contributed by atoms with Crippen LogP contribution >= 0.6 is 0 Å². The second-order valence-corrected chi connectivity index (χ2v) is 7.72. The fourth-order valence-corrected chi connectivity index (χ4v) is 4.68. The summed E-state index contributed by atoms with van der Waals surface area (Å²) in [6.07, 6.45) is -4.71. The van der Waals surface area contributed by atoms with Gasteiger partial charge in [0.25, 0.3) is 5.69 Å². The van der Waals surface area contributed by atoms with E-state index in [9.17, 15) is 36.5 Å². The average molecular weight is 396 g/mol. The molecule has 1 saturated heterocycles. The highest BCUT2D eigenvalue weighted by Crippen LogP contribution is 2.40. The maximum atomic E-state index is 13.1. The van der Waals surface area contributed by atoms with Gasteiger partial charge in [-0.15, -0.1) is 0 Å². The maximum absolute atomic E-state index is 13.1. The third-order valence-corrected chi connectivity index (χ3v) is 6.20. The summed E-state index contributed by atoms with van der Waals surface area (Å²) < 4.78 is 65.2. The molecule has 1 heterocycles. The molecule has 144 valence electrons. The minimum absolute atomic E-state index is 0.172. The van der Waals surface area contributed by atoms with Gasteiger partial charge in [0, 0.05) is 25.2 Å². The Balaban J connectivity index is 2.50. The number of nitro benzene ring substituents is 1. The quantitative estimate of drug-likeness (QED) is 0.601. The Kier molecular flexibility index (Phi) is 5.29. The summed E-state index contributed by atoms with van der Waals surface area (Å²) in [4.78, 5) is 20.7. The third-order valence-electron chi connectivity index (χ3n) is 4.28. The minimum atomic E-state index is -4.89. The monoisotopic (exact) mass is 396 g/mol. The van der Waals surface area contributed by atoms with Crippen LogP contribution in [0.1, 0.15) is 12.5 Å². The summed E-state index contributed by atoms with van der Waals surface area (Å²) >= 11 is 0. The molecule has 1 aliphatic rings. The second-order valence-electron chi connectivity index (χ2n) is 5.82. The van der Waals surface area contributed by atoms with E-state index in [1.807, 2.05) is 0 Å². The molecule has 0 radical (unpaired) electrons. The molecule has 8 nitrogen and oxygen atoms in total. The number of sulfonamides is 1. The van der Waals surface area contributed by atoms with Crippen LogP contribution in [-0.4, -0.2) is 48.0 Å². The highest BCUT2D eigenvalue weighted by Gasteiger charge is 2.55. The first-order valence-electron chi connectivity index (χ1n) is 7.46. The molecule has 0 aliphatic carbocycles. The molecule has 26 heavy (non-hydrogen) atoms. The number of hydrogen-bond donors (Lipinski definition) is 1. The standard InChI is InChI=1S/C14H15F3N2O6S/c1-2-8-3-4-9(19(22)23)5-12(8)26(24,25)18-6-10(13(20)21)11(7-18)14(15,16)17/h3-5,10-11H,2,6-7H2,1H3,(H,20,21)/t10-,11-/m1/s1. The first-order valence-corrected chi connectivity index (χ1v) is 8.90. The van der Waals surface area contributed by atoms with E-state index in [1.165, 1.54) is 6.07 Å². The molecule has 0 saturated carbocycles. The average Bonchev–Trinajstić information content (AvgIpc) is 3.00. The number of non-ortho nitro benzene ring substituents is 1. The van der Waals surface area contributed by atoms with Gasteiger partial charge >= 0.3 is 12.1 Å². The lowest BCUT2D eigenvalue weighted by Gasteiger charge is -2.19. The number of rotatable bonds is 5. The summed E-state index contributed by atoms with van der Waals surface area (Å²) in [5.41, 5.74) is -0.333. The Hall–Kier alpha value is -2.21. The van der Waals surface area contributed by atoms with Crippen molar-refractivity contribution < 1.29 is 36.4 Å². The predicted molar refractivity (Wildman–Crippen MR) is 81.9 cm³/mol. The number of aryl methyl sites for hydroxylation is 1. The third kappa shape index (κ3) is 3.65. The van der Waals surface area contributed by atoms with Gasteiger partial charge in [0.2, 0.25) is 10.0 Å². The number of nitrogens with zero attached hydrogens (tertiary/aromatic N) is 2. The molecule has 0 unspecified atom stereocenters. The molecule has 0 spiro atoms. The number of carboxylic acid groups (broad SMARTS) is 1. The Bertz CT molecular complexity index is 840. The van der Waals surface area contributed by atoms with Crippen LogP contribution in [0.4, 0.5) is 18.9 Å². The lowest BCUT2D eigenvalue weighted by atomic mass is 9.96. The van der Waals surface area contributed by atoms with Crippen LogP contribution in [0.2, 0.25) is 0 Å². The van der Waals surface area contributed by atoms with Crippen molar-refractivity contribution in [3.63, 3.8) is 0 Å². The van der Waals surface area contributed by atoms with E-state index in [0.29, 0.717) is 4.31 Å². The van der Waals surface area contributed by atoms with Gasteiger partial charge in [-0.05, 0) is 12.0 Å². The zero-order valence-corrected chi connectivity index (χ0v) is 14.2. The first kappa shape index (κ1) is 20.1. The molecule has 0 aromatic heterocycles. The van der Waals surface area contributed by atoms with Crippen LogP contribution in [0, 0.1) is 22.0 Å².